The molecule has 0 aliphatic heterocycles. The highest BCUT2D eigenvalue weighted by atomic mass is 16.3. The van der Waals surface area contributed by atoms with Gasteiger partial charge in [-0.25, -0.2) is 0 Å². The first kappa shape index (κ1) is 19.7. The lowest BCUT2D eigenvalue weighted by atomic mass is 10.0. The molecule has 140 valence electrons. The summed E-state index contributed by atoms with van der Waals surface area (Å²) >= 11 is 0. The van der Waals surface area contributed by atoms with Gasteiger partial charge >= 0.3 is 0 Å². The molecule has 0 unspecified atom stereocenters. The molecule has 0 saturated heterocycles. The number of fused-ring (bicyclic) bond motifs is 1. The van der Waals surface area contributed by atoms with Crippen molar-refractivity contribution in [2.45, 2.75) is 27.2 Å². The third-order valence-electron chi connectivity index (χ3n) is 4.61. The van der Waals surface area contributed by atoms with Crippen LogP contribution < -0.4 is 4.90 Å². The number of carbonyl (C=O) groups is 1. The molecule has 0 aromatic heterocycles. The van der Waals surface area contributed by atoms with Crippen LogP contribution in [0.5, 0.6) is 11.5 Å². The normalized spacial score (nSPS) is 11.6. The lowest BCUT2D eigenvalue weighted by Crippen LogP contribution is -2.24. The Kier molecular flexibility index (Phi) is 6.58. The molecule has 6 nitrogen and oxygen atoms in total. The van der Waals surface area contributed by atoms with E-state index in [1.54, 1.807) is 37.5 Å². The predicted molar refractivity (Wildman–Crippen MR) is 107 cm³/mol. The first-order valence-corrected chi connectivity index (χ1v) is 8.88. The number of nitrogens with zero attached hydrogens (tertiary/aromatic N) is 3. The number of aromatic hydroxyl groups is 2. The van der Waals surface area contributed by atoms with Crippen molar-refractivity contribution in [1.82, 2.24) is 4.90 Å². The maximum atomic E-state index is 11.9. The molecule has 0 fully saturated rings. The number of aliphatic imine (C=N–C) groups is 1. The molecule has 0 spiro atoms. The number of anilines is 1. The Morgan fingerprint density at radius 3 is 2.23 bits per heavy atom. The fraction of sp³-hybridized carbons (Fsp3) is 0.400. The van der Waals surface area contributed by atoms with Crippen LogP contribution in [0.3, 0.4) is 0 Å². The summed E-state index contributed by atoms with van der Waals surface area (Å²) in [4.78, 5) is 19.8. The highest BCUT2D eigenvalue weighted by Gasteiger charge is 2.22. The quantitative estimate of drug-likeness (QED) is 0.585. The van der Waals surface area contributed by atoms with E-state index in [4.69, 9.17) is 0 Å². The van der Waals surface area contributed by atoms with Crippen LogP contribution in [0.2, 0.25) is 0 Å². The van der Waals surface area contributed by atoms with E-state index in [0.717, 1.165) is 19.6 Å². The Hall–Kier alpha value is -2.60. The molecule has 0 aliphatic carbocycles. The number of rotatable bonds is 7. The molecule has 0 bridgehead atoms. The Labute approximate surface area is 154 Å². The molecule has 0 atom stereocenters. The fourth-order valence-electron chi connectivity index (χ4n) is 2.91. The number of phenolic OH excluding ortho intramolecular Hbond substituents is 2. The number of hydrogen-bond donors (Lipinski definition) is 2. The lowest BCUT2D eigenvalue weighted by Gasteiger charge is -2.21. The predicted octanol–water partition coefficient (Wildman–Crippen LogP) is 3.67. The van der Waals surface area contributed by atoms with Crippen molar-refractivity contribution >= 4 is 34.3 Å². The number of amides is 1. The Morgan fingerprint density at radius 1 is 1.12 bits per heavy atom. The van der Waals surface area contributed by atoms with Gasteiger partial charge in [-0.3, -0.25) is 9.79 Å². The zero-order valence-electron chi connectivity index (χ0n) is 15.9. The lowest BCUT2D eigenvalue weighted by molar-refractivity contribution is -0.116. The SMILES string of the molecule is CCN(CC)CCC=Nc1c(N(C)C(C)=O)c(O)c2ccccc2c1O. The van der Waals surface area contributed by atoms with E-state index >= 15 is 0 Å². The summed E-state index contributed by atoms with van der Waals surface area (Å²) < 4.78 is 0. The second-order valence-electron chi connectivity index (χ2n) is 6.15. The van der Waals surface area contributed by atoms with Crippen LogP contribution >= 0.6 is 0 Å². The maximum Gasteiger partial charge on any atom is 0.223 e. The van der Waals surface area contributed by atoms with E-state index < -0.39 is 0 Å². The van der Waals surface area contributed by atoms with E-state index in [1.165, 1.54) is 11.8 Å². The van der Waals surface area contributed by atoms with Crippen molar-refractivity contribution in [3.8, 4) is 11.5 Å². The maximum absolute atomic E-state index is 11.9. The van der Waals surface area contributed by atoms with Gasteiger partial charge in [0, 0.05) is 37.5 Å². The molecule has 6 heteroatoms. The zero-order chi connectivity index (χ0) is 19.3. The van der Waals surface area contributed by atoms with Gasteiger partial charge in [0.1, 0.15) is 17.1 Å². The Balaban J connectivity index is 2.50. The molecule has 0 heterocycles. The minimum absolute atomic E-state index is 0.0411. The zero-order valence-corrected chi connectivity index (χ0v) is 15.9. The fourth-order valence-corrected chi connectivity index (χ4v) is 2.91. The average molecular weight is 357 g/mol. The minimum Gasteiger partial charge on any atom is -0.505 e. The minimum atomic E-state index is -0.255. The van der Waals surface area contributed by atoms with Crippen molar-refractivity contribution < 1.29 is 15.0 Å². The van der Waals surface area contributed by atoms with Crippen LogP contribution in [0.1, 0.15) is 27.2 Å². The Bertz CT molecular complexity index is 814. The number of benzene rings is 2. The van der Waals surface area contributed by atoms with Crippen molar-refractivity contribution in [3.63, 3.8) is 0 Å². The van der Waals surface area contributed by atoms with Crippen LogP contribution in [-0.4, -0.2) is 53.9 Å². The van der Waals surface area contributed by atoms with Crippen molar-refractivity contribution in [2.24, 2.45) is 4.99 Å². The molecule has 0 radical (unpaired) electrons. The van der Waals surface area contributed by atoms with Crippen LogP contribution in [0.15, 0.2) is 29.3 Å². The van der Waals surface area contributed by atoms with Crippen molar-refractivity contribution in [2.75, 3.05) is 31.6 Å². The van der Waals surface area contributed by atoms with Gasteiger partial charge in [0.05, 0.1) is 0 Å². The molecular weight excluding hydrogens is 330 g/mol. The van der Waals surface area contributed by atoms with Crippen LogP contribution in [0, 0.1) is 0 Å². The Morgan fingerprint density at radius 2 is 1.69 bits per heavy atom. The van der Waals surface area contributed by atoms with E-state index in [-0.39, 0.29) is 28.8 Å². The van der Waals surface area contributed by atoms with Gasteiger partial charge in [0.2, 0.25) is 5.91 Å². The summed E-state index contributed by atoms with van der Waals surface area (Å²) in [5.74, 6) is -0.359. The molecule has 2 rings (SSSR count). The monoisotopic (exact) mass is 357 g/mol. The molecule has 0 saturated carbocycles. The number of carbonyl (C=O) groups excluding carboxylic acids is 1. The number of phenols is 2. The summed E-state index contributed by atoms with van der Waals surface area (Å²) in [5, 5.41) is 22.4. The van der Waals surface area contributed by atoms with Gasteiger partial charge in [-0.15, -0.1) is 0 Å². The standard InChI is InChI=1S/C20H27N3O3/c1-5-23(6-2)13-9-12-21-17-18(22(4)14(3)24)20(26)16-11-8-7-10-15(16)19(17)25/h7-8,10-12,25-26H,5-6,9,13H2,1-4H3. The largest absolute Gasteiger partial charge is 0.505 e. The molecule has 2 aromatic rings. The second kappa shape index (κ2) is 8.67. The van der Waals surface area contributed by atoms with Crippen LogP contribution in [0.4, 0.5) is 11.4 Å². The van der Waals surface area contributed by atoms with E-state index in [1.807, 2.05) is 0 Å². The van der Waals surface area contributed by atoms with Crippen molar-refractivity contribution in [1.29, 1.82) is 0 Å². The molecule has 26 heavy (non-hydrogen) atoms. The van der Waals surface area contributed by atoms with Gasteiger partial charge in [0.15, 0.2) is 5.75 Å². The average Bonchev–Trinajstić information content (AvgIpc) is 2.65. The molecular formula is C20H27N3O3. The first-order valence-electron chi connectivity index (χ1n) is 8.88. The van der Waals surface area contributed by atoms with Crippen LogP contribution in [-0.2, 0) is 4.79 Å². The van der Waals surface area contributed by atoms with E-state index in [2.05, 4.69) is 23.7 Å². The summed E-state index contributed by atoms with van der Waals surface area (Å²) in [6.07, 6.45) is 2.43. The highest BCUT2D eigenvalue weighted by Crippen LogP contribution is 2.49. The van der Waals surface area contributed by atoms with Gasteiger partial charge < -0.3 is 20.0 Å². The smallest absolute Gasteiger partial charge is 0.223 e. The van der Waals surface area contributed by atoms with E-state index in [0.29, 0.717) is 17.2 Å². The third kappa shape index (κ3) is 3.96. The van der Waals surface area contributed by atoms with Gasteiger partial charge in [-0.05, 0) is 19.5 Å². The summed E-state index contributed by atoms with van der Waals surface area (Å²) in [5.41, 5.74) is 0.422. The topological polar surface area (TPSA) is 76.4 Å². The summed E-state index contributed by atoms with van der Waals surface area (Å²) in [7, 11) is 1.56. The third-order valence-corrected chi connectivity index (χ3v) is 4.61. The van der Waals surface area contributed by atoms with Gasteiger partial charge in [-0.2, -0.15) is 0 Å². The molecule has 2 aromatic carbocycles. The second-order valence-corrected chi connectivity index (χ2v) is 6.15. The molecule has 2 N–H and O–H groups in total. The van der Waals surface area contributed by atoms with Gasteiger partial charge in [-0.1, -0.05) is 38.1 Å². The van der Waals surface area contributed by atoms with Gasteiger partial charge in [0.25, 0.3) is 0 Å². The summed E-state index contributed by atoms with van der Waals surface area (Å²) in [6.45, 7) is 8.39. The molecule has 1 amide bonds. The number of hydrogen-bond acceptors (Lipinski definition) is 5. The first-order chi connectivity index (χ1) is 12.4. The van der Waals surface area contributed by atoms with Crippen LogP contribution in [0.25, 0.3) is 10.8 Å². The molecule has 0 aliphatic rings. The van der Waals surface area contributed by atoms with E-state index in [9.17, 15) is 15.0 Å². The summed E-state index contributed by atoms with van der Waals surface area (Å²) in [6, 6.07) is 6.97. The highest BCUT2D eigenvalue weighted by molar-refractivity contribution is 6.08. The van der Waals surface area contributed by atoms with Crippen molar-refractivity contribution in [3.05, 3.63) is 24.3 Å².